The second-order valence-corrected chi connectivity index (χ2v) is 6.67. The van der Waals surface area contributed by atoms with Gasteiger partial charge in [0.1, 0.15) is 12.4 Å². The zero-order valence-corrected chi connectivity index (χ0v) is 14.4. The lowest BCUT2D eigenvalue weighted by atomic mass is 10.0. The minimum atomic E-state index is 0.0668. The number of aryl methyl sites for hydroxylation is 1. The predicted molar refractivity (Wildman–Crippen MR) is 91.8 cm³/mol. The first-order valence-electron chi connectivity index (χ1n) is 8.91. The van der Waals surface area contributed by atoms with Gasteiger partial charge in [0.25, 0.3) is 0 Å². The second kappa shape index (κ2) is 7.69. The maximum atomic E-state index is 12.3. The number of amides is 2. The molecule has 0 unspecified atom stereocenters. The maximum Gasteiger partial charge on any atom is 0.222 e. The van der Waals surface area contributed by atoms with E-state index < -0.39 is 0 Å². The van der Waals surface area contributed by atoms with Crippen molar-refractivity contribution < 1.29 is 14.3 Å². The van der Waals surface area contributed by atoms with Gasteiger partial charge in [-0.25, -0.2) is 0 Å². The summed E-state index contributed by atoms with van der Waals surface area (Å²) in [5, 5.41) is 0. The van der Waals surface area contributed by atoms with Gasteiger partial charge >= 0.3 is 0 Å². The lowest BCUT2D eigenvalue weighted by molar-refractivity contribution is -0.132. The van der Waals surface area contributed by atoms with Gasteiger partial charge in [0, 0.05) is 38.5 Å². The number of piperidine rings is 1. The van der Waals surface area contributed by atoms with E-state index in [4.69, 9.17) is 4.74 Å². The van der Waals surface area contributed by atoms with E-state index in [1.54, 1.807) is 11.8 Å². The number of hydrogen-bond donors (Lipinski definition) is 0. The summed E-state index contributed by atoms with van der Waals surface area (Å²) in [7, 11) is 0. The third-order valence-electron chi connectivity index (χ3n) is 4.89. The first kappa shape index (κ1) is 16.8. The molecule has 2 aliphatic rings. The van der Waals surface area contributed by atoms with Crippen LogP contribution in [0.2, 0.25) is 0 Å². The van der Waals surface area contributed by atoms with Crippen molar-refractivity contribution in [3.8, 4) is 5.75 Å². The number of likely N-dealkylation sites (tertiary alicyclic amines) is 1. The minimum Gasteiger partial charge on any atom is -0.491 e. The Morgan fingerprint density at radius 2 is 1.88 bits per heavy atom. The lowest BCUT2D eigenvalue weighted by Gasteiger charge is -2.26. The van der Waals surface area contributed by atoms with Crippen molar-refractivity contribution >= 4 is 11.8 Å². The first-order chi connectivity index (χ1) is 11.6. The summed E-state index contributed by atoms with van der Waals surface area (Å²) in [6.07, 6.45) is 4.78. The summed E-state index contributed by atoms with van der Waals surface area (Å²) in [5.74, 6) is 1.17. The number of benzene rings is 1. The van der Waals surface area contributed by atoms with Gasteiger partial charge in [0.2, 0.25) is 11.8 Å². The summed E-state index contributed by atoms with van der Waals surface area (Å²) < 4.78 is 5.74. The molecule has 0 aromatic heterocycles. The Morgan fingerprint density at radius 3 is 2.62 bits per heavy atom. The number of hydrogen-bond acceptors (Lipinski definition) is 3. The molecule has 1 saturated heterocycles. The van der Waals surface area contributed by atoms with Crippen molar-refractivity contribution in [2.75, 3.05) is 26.2 Å². The van der Waals surface area contributed by atoms with E-state index in [-0.39, 0.29) is 11.8 Å². The molecule has 0 saturated carbocycles. The monoisotopic (exact) mass is 330 g/mol. The number of ether oxygens (including phenoxy) is 1. The van der Waals surface area contributed by atoms with Crippen LogP contribution in [0, 0.1) is 0 Å². The molecule has 5 heteroatoms. The van der Waals surface area contributed by atoms with Crippen molar-refractivity contribution in [1.82, 2.24) is 9.80 Å². The Morgan fingerprint density at radius 1 is 1.08 bits per heavy atom. The molecule has 5 nitrogen and oxygen atoms in total. The summed E-state index contributed by atoms with van der Waals surface area (Å²) >= 11 is 0. The molecule has 1 aromatic carbocycles. The molecule has 1 aromatic rings. The molecular formula is C19H26N2O3. The van der Waals surface area contributed by atoms with Crippen LogP contribution in [0.3, 0.4) is 0 Å². The lowest BCUT2D eigenvalue weighted by Crippen LogP contribution is -2.35. The molecule has 2 heterocycles. The Kier molecular flexibility index (Phi) is 5.38. The van der Waals surface area contributed by atoms with E-state index in [1.165, 1.54) is 6.42 Å². The summed E-state index contributed by atoms with van der Waals surface area (Å²) in [5.41, 5.74) is 2.17. The van der Waals surface area contributed by atoms with Gasteiger partial charge in [0.15, 0.2) is 0 Å². The number of fused-ring (bicyclic) bond motifs is 1. The fraction of sp³-hybridized carbons (Fsp3) is 0.579. The van der Waals surface area contributed by atoms with Crippen LogP contribution in [0.5, 0.6) is 5.75 Å². The van der Waals surface area contributed by atoms with Crippen molar-refractivity contribution in [2.24, 2.45) is 0 Å². The third kappa shape index (κ3) is 4.08. The summed E-state index contributed by atoms with van der Waals surface area (Å²) in [4.78, 5) is 27.8. The molecule has 130 valence electrons. The average Bonchev–Trinajstić information content (AvgIpc) is 2.82. The van der Waals surface area contributed by atoms with E-state index in [2.05, 4.69) is 6.07 Å². The Bertz CT molecular complexity index is 609. The molecule has 2 amide bonds. The highest BCUT2D eigenvalue weighted by atomic mass is 16.5. The zero-order chi connectivity index (χ0) is 16.9. The van der Waals surface area contributed by atoms with Crippen LogP contribution in [0.1, 0.15) is 43.7 Å². The summed E-state index contributed by atoms with van der Waals surface area (Å²) in [6.45, 7) is 5.13. The van der Waals surface area contributed by atoms with Crippen LogP contribution in [-0.4, -0.2) is 47.9 Å². The van der Waals surface area contributed by atoms with E-state index >= 15 is 0 Å². The molecule has 0 N–H and O–H groups in total. The largest absolute Gasteiger partial charge is 0.491 e. The van der Waals surface area contributed by atoms with Gasteiger partial charge in [-0.15, -0.1) is 0 Å². The molecular weight excluding hydrogens is 304 g/mol. The molecule has 1 fully saturated rings. The quantitative estimate of drug-likeness (QED) is 0.855. The standard InChI is InChI=1S/C19H26N2O3/c1-15(22)21-11-12-24-18-7-5-16(13-17(18)14-21)6-8-19(23)20-9-3-2-4-10-20/h5,7,13H,2-4,6,8-12,14H2,1H3. The van der Waals surface area contributed by atoms with Crippen LogP contribution in [0.15, 0.2) is 18.2 Å². The van der Waals surface area contributed by atoms with Gasteiger partial charge in [0.05, 0.1) is 6.54 Å². The highest BCUT2D eigenvalue weighted by Crippen LogP contribution is 2.25. The molecule has 0 aliphatic carbocycles. The maximum absolute atomic E-state index is 12.3. The molecule has 0 radical (unpaired) electrons. The predicted octanol–water partition coefficient (Wildman–Crippen LogP) is 2.37. The first-order valence-corrected chi connectivity index (χ1v) is 8.91. The van der Waals surface area contributed by atoms with Gasteiger partial charge < -0.3 is 14.5 Å². The van der Waals surface area contributed by atoms with Crippen molar-refractivity contribution in [3.05, 3.63) is 29.3 Å². The van der Waals surface area contributed by atoms with Crippen molar-refractivity contribution in [3.63, 3.8) is 0 Å². The second-order valence-electron chi connectivity index (χ2n) is 6.67. The van der Waals surface area contributed by atoms with E-state index in [1.807, 2.05) is 17.0 Å². The minimum absolute atomic E-state index is 0.0668. The number of rotatable bonds is 3. The number of carbonyl (C=O) groups is 2. The number of carbonyl (C=O) groups excluding carboxylic acids is 2. The van der Waals surface area contributed by atoms with Gasteiger partial charge in [-0.2, -0.15) is 0 Å². The molecule has 0 atom stereocenters. The van der Waals surface area contributed by atoms with E-state index in [0.29, 0.717) is 26.1 Å². The van der Waals surface area contributed by atoms with Gasteiger partial charge in [-0.3, -0.25) is 9.59 Å². The smallest absolute Gasteiger partial charge is 0.222 e. The Hall–Kier alpha value is -2.04. The number of nitrogens with zero attached hydrogens (tertiary/aromatic N) is 2. The third-order valence-corrected chi connectivity index (χ3v) is 4.89. The zero-order valence-electron chi connectivity index (χ0n) is 14.4. The average molecular weight is 330 g/mol. The SMILES string of the molecule is CC(=O)N1CCOc2ccc(CCC(=O)N3CCCCC3)cc2C1. The molecule has 0 spiro atoms. The van der Waals surface area contributed by atoms with E-state index in [0.717, 1.165) is 49.2 Å². The molecule has 3 rings (SSSR count). The van der Waals surface area contributed by atoms with Gasteiger partial charge in [-0.1, -0.05) is 12.1 Å². The van der Waals surface area contributed by atoms with Crippen LogP contribution in [0.25, 0.3) is 0 Å². The fourth-order valence-corrected chi connectivity index (χ4v) is 3.42. The van der Waals surface area contributed by atoms with Crippen LogP contribution < -0.4 is 4.74 Å². The Labute approximate surface area is 143 Å². The highest BCUT2D eigenvalue weighted by Gasteiger charge is 2.19. The molecule has 0 bridgehead atoms. The summed E-state index contributed by atoms with van der Waals surface area (Å²) in [6, 6.07) is 6.09. The van der Waals surface area contributed by atoms with Crippen LogP contribution >= 0.6 is 0 Å². The van der Waals surface area contributed by atoms with Crippen LogP contribution in [-0.2, 0) is 22.6 Å². The van der Waals surface area contributed by atoms with Crippen molar-refractivity contribution in [2.45, 2.75) is 45.6 Å². The van der Waals surface area contributed by atoms with Crippen LogP contribution in [0.4, 0.5) is 0 Å². The topological polar surface area (TPSA) is 49.9 Å². The Balaban J connectivity index is 1.62. The van der Waals surface area contributed by atoms with E-state index in [9.17, 15) is 9.59 Å². The normalized spacial score (nSPS) is 17.7. The van der Waals surface area contributed by atoms with Crippen molar-refractivity contribution in [1.29, 1.82) is 0 Å². The highest BCUT2D eigenvalue weighted by molar-refractivity contribution is 5.76. The molecule has 24 heavy (non-hydrogen) atoms. The van der Waals surface area contributed by atoms with Gasteiger partial charge in [-0.05, 0) is 37.3 Å². The fourth-order valence-electron chi connectivity index (χ4n) is 3.42. The molecule has 2 aliphatic heterocycles.